The number of anilines is 2. The van der Waals surface area contributed by atoms with Gasteiger partial charge in [-0.1, -0.05) is 0 Å². The molecule has 0 unspecified atom stereocenters. The first-order valence-electron chi connectivity index (χ1n) is 11.1. The van der Waals surface area contributed by atoms with Gasteiger partial charge >= 0.3 is 6.03 Å². The van der Waals surface area contributed by atoms with E-state index < -0.39 is 0 Å². The van der Waals surface area contributed by atoms with Gasteiger partial charge in [-0.2, -0.15) is 5.10 Å². The molecule has 178 valence electrons. The zero-order valence-corrected chi connectivity index (χ0v) is 19.5. The molecule has 2 N–H and O–H groups in total. The predicted molar refractivity (Wildman–Crippen MR) is 130 cm³/mol. The van der Waals surface area contributed by atoms with Crippen LogP contribution in [0, 0.1) is 20.8 Å². The van der Waals surface area contributed by atoms with Crippen LogP contribution in [0.25, 0.3) is 5.82 Å². The number of rotatable bonds is 5. The van der Waals surface area contributed by atoms with Gasteiger partial charge in [-0.3, -0.25) is 0 Å². The largest absolute Gasteiger partial charge is 0.486 e. The van der Waals surface area contributed by atoms with E-state index in [0.29, 0.717) is 53.5 Å². The fourth-order valence-corrected chi connectivity index (χ4v) is 3.59. The van der Waals surface area contributed by atoms with Crippen LogP contribution in [0.4, 0.5) is 16.2 Å². The van der Waals surface area contributed by atoms with Crippen molar-refractivity contribution in [1.29, 1.82) is 0 Å². The average Bonchev–Trinajstić information content (AvgIpc) is 3.12. The van der Waals surface area contributed by atoms with Gasteiger partial charge in [-0.15, -0.1) is 0 Å². The number of carbonyl (C=O) groups is 1. The highest BCUT2D eigenvalue weighted by Crippen LogP contribution is 2.32. The van der Waals surface area contributed by atoms with Gasteiger partial charge in [-0.25, -0.2) is 19.4 Å². The van der Waals surface area contributed by atoms with Crippen molar-refractivity contribution in [3.8, 4) is 28.9 Å². The number of fused-ring (bicyclic) bond motifs is 1. The van der Waals surface area contributed by atoms with Crippen LogP contribution in [0.3, 0.4) is 0 Å². The van der Waals surface area contributed by atoms with Crippen LogP contribution >= 0.6 is 0 Å². The molecule has 2 aromatic heterocycles. The van der Waals surface area contributed by atoms with E-state index >= 15 is 0 Å². The number of ether oxygens (including phenoxy) is 3. The van der Waals surface area contributed by atoms with E-state index in [1.54, 1.807) is 53.2 Å². The van der Waals surface area contributed by atoms with Crippen molar-refractivity contribution < 1.29 is 19.0 Å². The Kier molecular flexibility index (Phi) is 5.92. The summed E-state index contributed by atoms with van der Waals surface area (Å²) in [6, 6.07) is 13.6. The summed E-state index contributed by atoms with van der Waals surface area (Å²) in [6.07, 6.45) is 1.44. The Bertz CT molecular complexity index is 1380. The Morgan fingerprint density at radius 1 is 0.914 bits per heavy atom. The highest BCUT2D eigenvalue weighted by atomic mass is 16.6. The number of hydrogen-bond acceptors (Lipinski definition) is 7. The summed E-state index contributed by atoms with van der Waals surface area (Å²) in [4.78, 5) is 20.9. The van der Waals surface area contributed by atoms with E-state index in [-0.39, 0.29) is 6.03 Å². The second kappa shape index (κ2) is 9.34. The summed E-state index contributed by atoms with van der Waals surface area (Å²) in [5.74, 6) is 2.85. The first-order valence-corrected chi connectivity index (χ1v) is 11.1. The lowest BCUT2D eigenvalue weighted by Gasteiger charge is -2.19. The lowest BCUT2D eigenvalue weighted by atomic mass is 10.2. The molecule has 4 aromatic rings. The Labute approximate surface area is 201 Å². The summed E-state index contributed by atoms with van der Waals surface area (Å²) >= 11 is 0. The molecule has 35 heavy (non-hydrogen) atoms. The minimum absolute atomic E-state index is 0.379. The third-order valence-corrected chi connectivity index (χ3v) is 5.63. The van der Waals surface area contributed by atoms with Gasteiger partial charge in [-0.05, 0) is 62.7 Å². The van der Waals surface area contributed by atoms with Crippen molar-refractivity contribution in [1.82, 2.24) is 19.7 Å². The topological polar surface area (TPSA) is 112 Å². The van der Waals surface area contributed by atoms with Crippen molar-refractivity contribution in [3.63, 3.8) is 0 Å². The SMILES string of the molecule is Cc1nn(-c2cc(Oc3ccc(NC(=O)Nc4ccc5c(c4)OCCO5)cc3)ncn2)c(C)c1C. The number of urea groups is 1. The lowest BCUT2D eigenvalue weighted by molar-refractivity contribution is 0.171. The molecule has 2 aromatic carbocycles. The van der Waals surface area contributed by atoms with E-state index in [9.17, 15) is 4.79 Å². The number of aryl methyl sites for hydroxylation is 1. The van der Waals surface area contributed by atoms with Crippen LogP contribution in [0.15, 0.2) is 54.9 Å². The number of amides is 2. The number of carbonyl (C=O) groups excluding carboxylic acids is 1. The van der Waals surface area contributed by atoms with Crippen LogP contribution in [-0.2, 0) is 0 Å². The molecular weight excluding hydrogens is 448 g/mol. The quantitative estimate of drug-likeness (QED) is 0.429. The molecule has 0 aliphatic carbocycles. The number of nitrogens with one attached hydrogen (secondary N) is 2. The molecule has 0 bridgehead atoms. The number of nitrogens with zero attached hydrogens (tertiary/aromatic N) is 4. The van der Waals surface area contributed by atoms with E-state index in [4.69, 9.17) is 14.2 Å². The predicted octanol–water partition coefficient (Wildman–Crippen LogP) is 4.80. The highest BCUT2D eigenvalue weighted by Gasteiger charge is 2.14. The zero-order valence-electron chi connectivity index (χ0n) is 19.5. The van der Waals surface area contributed by atoms with E-state index in [1.807, 2.05) is 20.8 Å². The van der Waals surface area contributed by atoms with Crippen LogP contribution in [-0.4, -0.2) is 39.0 Å². The van der Waals surface area contributed by atoms with Gasteiger partial charge in [0.2, 0.25) is 5.88 Å². The van der Waals surface area contributed by atoms with Crippen molar-refractivity contribution in [3.05, 3.63) is 71.8 Å². The standard InChI is InChI=1S/C25H24N6O4/c1-15-16(2)30-31(17(15)3)23-13-24(27-14-26-23)35-20-7-4-18(5-8-20)28-25(32)29-19-6-9-21-22(12-19)34-11-10-33-21/h4-9,12-14H,10-11H2,1-3H3,(H2,28,29,32). The van der Waals surface area contributed by atoms with Gasteiger partial charge < -0.3 is 24.8 Å². The molecule has 0 atom stereocenters. The fourth-order valence-electron chi connectivity index (χ4n) is 3.59. The van der Waals surface area contributed by atoms with Crippen LogP contribution in [0.5, 0.6) is 23.1 Å². The molecule has 2 amide bonds. The molecule has 5 rings (SSSR count). The smallest absolute Gasteiger partial charge is 0.323 e. The molecular formula is C25H24N6O4. The minimum Gasteiger partial charge on any atom is -0.486 e. The van der Waals surface area contributed by atoms with Crippen molar-refractivity contribution >= 4 is 17.4 Å². The summed E-state index contributed by atoms with van der Waals surface area (Å²) in [5.41, 5.74) is 4.28. The Morgan fingerprint density at radius 2 is 1.63 bits per heavy atom. The van der Waals surface area contributed by atoms with Crippen molar-refractivity contribution in [2.24, 2.45) is 0 Å². The molecule has 1 aliphatic heterocycles. The number of aromatic nitrogens is 4. The Balaban J connectivity index is 1.22. The molecule has 10 nitrogen and oxygen atoms in total. The normalized spacial score (nSPS) is 12.2. The van der Waals surface area contributed by atoms with Crippen molar-refractivity contribution in [2.45, 2.75) is 20.8 Å². The van der Waals surface area contributed by atoms with Crippen LogP contribution < -0.4 is 24.8 Å². The first kappa shape index (κ1) is 22.2. The molecule has 10 heteroatoms. The summed E-state index contributed by atoms with van der Waals surface area (Å²) in [6.45, 7) is 6.98. The molecule has 0 radical (unpaired) electrons. The fraction of sp³-hybridized carbons (Fsp3) is 0.200. The monoisotopic (exact) mass is 472 g/mol. The third-order valence-electron chi connectivity index (χ3n) is 5.63. The van der Waals surface area contributed by atoms with E-state index in [1.165, 1.54) is 6.33 Å². The third kappa shape index (κ3) is 4.86. The second-order valence-corrected chi connectivity index (χ2v) is 7.99. The van der Waals surface area contributed by atoms with Gasteiger partial charge in [0.15, 0.2) is 17.3 Å². The number of hydrogen-bond donors (Lipinski definition) is 2. The molecule has 0 saturated carbocycles. The lowest BCUT2D eigenvalue weighted by Crippen LogP contribution is -2.20. The van der Waals surface area contributed by atoms with E-state index in [2.05, 4.69) is 25.7 Å². The van der Waals surface area contributed by atoms with Gasteiger partial charge in [0.25, 0.3) is 0 Å². The minimum atomic E-state index is -0.379. The molecule has 0 fully saturated rings. The van der Waals surface area contributed by atoms with Crippen LogP contribution in [0.2, 0.25) is 0 Å². The highest BCUT2D eigenvalue weighted by molar-refractivity contribution is 5.99. The zero-order chi connectivity index (χ0) is 24.4. The summed E-state index contributed by atoms with van der Waals surface area (Å²) in [7, 11) is 0. The van der Waals surface area contributed by atoms with Crippen molar-refractivity contribution in [2.75, 3.05) is 23.8 Å². The van der Waals surface area contributed by atoms with Crippen LogP contribution in [0.1, 0.15) is 17.0 Å². The maximum atomic E-state index is 12.4. The average molecular weight is 473 g/mol. The summed E-state index contributed by atoms with van der Waals surface area (Å²) < 4.78 is 18.7. The first-order chi connectivity index (χ1) is 17.0. The maximum Gasteiger partial charge on any atom is 0.323 e. The van der Waals surface area contributed by atoms with Gasteiger partial charge in [0.05, 0.1) is 5.69 Å². The van der Waals surface area contributed by atoms with E-state index in [0.717, 1.165) is 17.0 Å². The molecule has 3 heterocycles. The second-order valence-electron chi connectivity index (χ2n) is 7.99. The molecule has 1 aliphatic rings. The molecule has 0 spiro atoms. The maximum absolute atomic E-state index is 12.4. The Hall–Kier alpha value is -4.60. The summed E-state index contributed by atoms with van der Waals surface area (Å²) in [5, 5.41) is 10.1. The van der Waals surface area contributed by atoms with Gasteiger partial charge in [0.1, 0.15) is 25.3 Å². The van der Waals surface area contributed by atoms with Gasteiger partial charge in [0, 0.05) is 29.2 Å². The number of benzene rings is 2. The molecule has 0 saturated heterocycles. The Morgan fingerprint density at radius 3 is 2.37 bits per heavy atom.